The van der Waals surface area contributed by atoms with Crippen molar-refractivity contribution in [1.82, 2.24) is 4.98 Å². The third kappa shape index (κ3) is 2.98. The van der Waals surface area contributed by atoms with Crippen LogP contribution in [0.2, 0.25) is 5.15 Å². The largest absolute Gasteiger partial charge is 0.330 e. The Morgan fingerprint density at radius 2 is 2.23 bits per heavy atom. The van der Waals surface area contributed by atoms with Gasteiger partial charge in [-0.3, -0.25) is 0 Å². The lowest BCUT2D eigenvalue weighted by atomic mass is 10.1. The molecule has 0 aliphatic carbocycles. The Balaban J connectivity index is 2.73. The molecule has 2 nitrogen and oxygen atoms in total. The van der Waals surface area contributed by atoms with Crippen LogP contribution in [-0.2, 0) is 6.42 Å². The van der Waals surface area contributed by atoms with Gasteiger partial charge in [0, 0.05) is 5.69 Å². The summed E-state index contributed by atoms with van der Waals surface area (Å²) in [6.07, 6.45) is 0.899. The number of rotatable bonds is 3. The summed E-state index contributed by atoms with van der Waals surface area (Å²) in [7, 11) is 0. The number of halogens is 1. The summed E-state index contributed by atoms with van der Waals surface area (Å²) in [5, 5.41) is 0.599. The summed E-state index contributed by atoms with van der Waals surface area (Å²) < 4.78 is 0. The molecule has 0 saturated heterocycles. The number of nitrogens with zero attached hydrogens (tertiary/aromatic N) is 1. The summed E-state index contributed by atoms with van der Waals surface area (Å²) in [5.41, 5.74) is 7.57. The zero-order chi connectivity index (χ0) is 9.84. The molecule has 0 amide bonds. The first kappa shape index (κ1) is 10.5. The molecule has 1 unspecified atom stereocenters. The van der Waals surface area contributed by atoms with Crippen LogP contribution < -0.4 is 5.73 Å². The first-order chi connectivity index (χ1) is 6.13. The van der Waals surface area contributed by atoms with Gasteiger partial charge in [-0.2, -0.15) is 0 Å². The minimum absolute atomic E-state index is 0.464. The molecule has 0 saturated carbocycles. The highest BCUT2D eigenvalue weighted by Crippen LogP contribution is 2.14. The Kier molecular flexibility index (Phi) is 3.70. The average molecular weight is 199 g/mol. The highest BCUT2D eigenvalue weighted by atomic mass is 35.5. The van der Waals surface area contributed by atoms with Gasteiger partial charge < -0.3 is 5.73 Å². The minimum atomic E-state index is 0.464. The molecule has 0 fully saturated rings. The van der Waals surface area contributed by atoms with Crippen molar-refractivity contribution in [1.29, 1.82) is 0 Å². The van der Waals surface area contributed by atoms with Gasteiger partial charge >= 0.3 is 0 Å². The van der Waals surface area contributed by atoms with Gasteiger partial charge in [-0.1, -0.05) is 24.6 Å². The molecule has 0 spiro atoms. The second kappa shape index (κ2) is 4.58. The SMILES string of the molecule is Cc1ccc(CC(C)CN)nc1Cl. The number of aryl methyl sites for hydroxylation is 1. The first-order valence-corrected chi connectivity index (χ1v) is 4.83. The van der Waals surface area contributed by atoms with Gasteiger partial charge in [0.1, 0.15) is 5.15 Å². The fraction of sp³-hybridized carbons (Fsp3) is 0.500. The molecule has 1 heterocycles. The summed E-state index contributed by atoms with van der Waals surface area (Å²) >= 11 is 5.90. The van der Waals surface area contributed by atoms with Crippen molar-refractivity contribution in [3.8, 4) is 0 Å². The highest BCUT2D eigenvalue weighted by Gasteiger charge is 2.04. The number of nitrogens with two attached hydrogens (primary N) is 1. The van der Waals surface area contributed by atoms with Gasteiger partial charge in [0.2, 0.25) is 0 Å². The van der Waals surface area contributed by atoms with Crippen molar-refractivity contribution in [2.45, 2.75) is 20.3 Å². The van der Waals surface area contributed by atoms with E-state index in [4.69, 9.17) is 17.3 Å². The average Bonchev–Trinajstić information content (AvgIpc) is 2.11. The van der Waals surface area contributed by atoms with Crippen LogP contribution in [0.1, 0.15) is 18.2 Å². The van der Waals surface area contributed by atoms with Crippen molar-refractivity contribution in [2.75, 3.05) is 6.54 Å². The van der Waals surface area contributed by atoms with Crippen molar-refractivity contribution in [3.63, 3.8) is 0 Å². The van der Waals surface area contributed by atoms with Crippen molar-refractivity contribution in [3.05, 3.63) is 28.5 Å². The third-order valence-corrected chi connectivity index (χ3v) is 2.44. The Hall–Kier alpha value is -0.600. The van der Waals surface area contributed by atoms with E-state index in [1.54, 1.807) is 0 Å². The van der Waals surface area contributed by atoms with Crippen LogP contribution >= 0.6 is 11.6 Å². The molecule has 1 aromatic heterocycles. The molecule has 2 N–H and O–H groups in total. The van der Waals surface area contributed by atoms with E-state index < -0.39 is 0 Å². The second-order valence-electron chi connectivity index (χ2n) is 3.46. The van der Waals surface area contributed by atoms with Gasteiger partial charge in [0.15, 0.2) is 0 Å². The van der Waals surface area contributed by atoms with Gasteiger partial charge in [-0.15, -0.1) is 0 Å². The number of hydrogen-bond donors (Lipinski definition) is 1. The van der Waals surface area contributed by atoms with E-state index in [2.05, 4.69) is 11.9 Å². The van der Waals surface area contributed by atoms with E-state index in [0.29, 0.717) is 17.6 Å². The zero-order valence-electron chi connectivity index (χ0n) is 8.05. The molecule has 0 bridgehead atoms. The van der Waals surface area contributed by atoms with Crippen LogP contribution in [0, 0.1) is 12.8 Å². The maximum atomic E-state index is 5.90. The molecular formula is C10H15ClN2. The van der Waals surface area contributed by atoms with Crippen LogP contribution in [0.15, 0.2) is 12.1 Å². The molecule has 72 valence electrons. The quantitative estimate of drug-likeness (QED) is 0.757. The number of aromatic nitrogens is 1. The first-order valence-electron chi connectivity index (χ1n) is 4.45. The fourth-order valence-electron chi connectivity index (χ4n) is 1.10. The molecule has 1 rings (SSSR count). The molecule has 3 heteroatoms. The minimum Gasteiger partial charge on any atom is -0.330 e. The third-order valence-electron chi connectivity index (χ3n) is 2.05. The number of pyridine rings is 1. The van der Waals surface area contributed by atoms with Gasteiger partial charge in [-0.05, 0) is 37.4 Å². The van der Waals surface area contributed by atoms with Gasteiger partial charge in [0.25, 0.3) is 0 Å². The maximum absolute atomic E-state index is 5.90. The molecule has 13 heavy (non-hydrogen) atoms. The topological polar surface area (TPSA) is 38.9 Å². The Bertz CT molecular complexity index is 286. The summed E-state index contributed by atoms with van der Waals surface area (Å²) in [6, 6.07) is 4.00. The molecular weight excluding hydrogens is 184 g/mol. The predicted molar refractivity (Wildman–Crippen MR) is 55.9 cm³/mol. The summed E-state index contributed by atoms with van der Waals surface area (Å²) in [4.78, 5) is 4.27. The zero-order valence-corrected chi connectivity index (χ0v) is 8.80. The van der Waals surface area contributed by atoms with E-state index in [9.17, 15) is 0 Å². The molecule has 0 aliphatic rings. The van der Waals surface area contributed by atoms with E-state index in [1.165, 1.54) is 0 Å². The van der Waals surface area contributed by atoms with E-state index >= 15 is 0 Å². The van der Waals surface area contributed by atoms with Crippen LogP contribution in [0.4, 0.5) is 0 Å². The Morgan fingerprint density at radius 3 is 2.77 bits per heavy atom. The lowest BCUT2D eigenvalue weighted by molar-refractivity contribution is 0.584. The smallest absolute Gasteiger partial charge is 0.132 e. The van der Waals surface area contributed by atoms with E-state index in [1.807, 2.05) is 19.1 Å². The lowest BCUT2D eigenvalue weighted by Crippen LogP contribution is -2.13. The summed E-state index contributed by atoms with van der Waals surface area (Å²) in [5.74, 6) is 0.464. The molecule has 1 atom stereocenters. The molecule has 0 aliphatic heterocycles. The van der Waals surface area contributed by atoms with Crippen LogP contribution in [-0.4, -0.2) is 11.5 Å². The highest BCUT2D eigenvalue weighted by molar-refractivity contribution is 6.30. The normalized spacial score (nSPS) is 12.9. The van der Waals surface area contributed by atoms with E-state index in [0.717, 1.165) is 17.7 Å². The molecule has 0 radical (unpaired) electrons. The molecule has 1 aromatic rings. The Morgan fingerprint density at radius 1 is 1.54 bits per heavy atom. The standard InChI is InChI=1S/C10H15ClN2/c1-7(6-12)5-9-4-3-8(2)10(11)13-9/h3-4,7H,5-6,12H2,1-2H3. The van der Waals surface area contributed by atoms with Gasteiger partial charge in [0.05, 0.1) is 0 Å². The van der Waals surface area contributed by atoms with Crippen LogP contribution in [0.5, 0.6) is 0 Å². The van der Waals surface area contributed by atoms with Crippen molar-refractivity contribution >= 4 is 11.6 Å². The fourth-order valence-corrected chi connectivity index (χ4v) is 1.27. The van der Waals surface area contributed by atoms with Gasteiger partial charge in [-0.25, -0.2) is 4.98 Å². The monoisotopic (exact) mass is 198 g/mol. The molecule has 0 aromatic carbocycles. The number of hydrogen-bond acceptors (Lipinski definition) is 2. The van der Waals surface area contributed by atoms with Crippen LogP contribution in [0.3, 0.4) is 0 Å². The van der Waals surface area contributed by atoms with Crippen LogP contribution in [0.25, 0.3) is 0 Å². The summed E-state index contributed by atoms with van der Waals surface area (Å²) in [6.45, 7) is 4.74. The Labute approximate surface area is 84.1 Å². The predicted octanol–water partition coefficient (Wildman–Crippen LogP) is 2.18. The van der Waals surface area contributed by atoms with E-state index in [-0.39, 0.29) is 0 Å². The van der Waals surface area contributed by atoms with Crippen molar-refractivity contribution < 1.29 is 0 Å². The lowest BCUT2D eigenvalue weighted by Gasteiger charge is -2.08. The second-order valence-corrected chi connectivity index (χ2v) is 3.81. The van der Waals surface area contributed by atoms with Crippen molar-refractivity contribution in [2.24, 2.45) is 11.7 Å². The maximum Gasteiger partial charge on any atom is 0.132 e.